The van der Waals surface area contributed by atoms with Crippen molar-refractivity contribution in [1.29, 1.82) is 0 Å². The third-order valence-corrected chi connectivity index (χ3v) is 3.68. The predicted octanol–water partition coefficient (Wildman–Crippen LogP) is 4.10. The van der Waals surface area contributed by atoms with Gasteiger partial charge in [0.1, 0.15) is 0 Å². The Labute approximate surface area is 144 Å². The normalized spacial score (nSPS) is 11.2. The van der Waals surface area contributed by atoms with Gasteiger partial charge in [0.2, 0.25) is 0 Å². The quantitative estimate of drug-likeness (QED) is 0.503. The van der Waals surface area contributed by atoms with Crippen LogP contribution < -0.4 is 5.43 Å². The van der Waals surface area contributed by atoms with Crippen molar-refractivity contribution in [2.75, 3.05) is 0 Å². The molecule has 0 aliphatic rings. The van der Waals surface area contributed by atoms with Crippen LogP contribution in [0.4, 0.5) is 5.69 Å². The molecule has 7 heteroatoms. The van der Waals surface area contributed by atoms with E-state index in [1.807, 2.05) is 19.1 Å². The van der Waals surface area contributed by atoms with Crippen LogP contribution >= 0.6 is 11.6 Å². The Kier molecular flexibility index (Phi) is 5.65. The molecule has 1 amide bonds. The molecule has 0 aliphatic carbocycles. The molecular formula is C17H16ClN3O3. The maximum atomic E-state index is 12.2. The molecule has 0 saturated heterocycles. The van der Waals surface area contributed by atoms with Gasteiger partial charge in [-0.25, -0.2) is 5.43 Å². The number of rotatable bonds is 5. The Bertz CT molecular complexity index is 818. The van der Waals surface area contributed by atoms with E-state index in [2.05, 4.69) is 10.5 Å². The SMILES string of the molecule is CC/C(=N\NC(=O)c1ccc([N+](=O)[O-])c(C)c1)c1cccc(Cl)c1. The van der Waals surface area contributed by atoms with E-state index in [-0.39, 0.29) is 5.69 Å². The average molecular weight is 346 g/mol. The number of nitrogens with one attached hydrogen (secondary N) is 1. The Hall–Kier alpha value is -2.73. The highest BCUT2D eigenvalue weighted by Gasteiger charge is 2.13. The maximum absolute atomic E-state index is 12.2. The molecule has 0 bridgehead atoms. The molecule has 2 aromatic rings. The van der Waals surface area contributed by atoms with Crippen LogP contribution in [0.2, 0.25) is 5.02 Å². The number of hydrazone groups is 1. The van der Waals surface area contributed by atoms with E-state index in [1.54, 1.807) is 19.1 Å². The van der Waals surface area contributed by atoms with E-state index < -0.39 is 10.8 Å². The number of carbonyl (C=O) groups excluding carboxylic acids is 1. The van der Waals surface area contributed by atoms with Crippen molar-refractivity contribution < 1.29 is 9.72 Å². The fourth-order valence-electron chi connectivity index (χ4n) is 2.20. The molecule has 24 heavy (non-hydrogen) atoms. The van der Waals surface area contributed by atoms with E-state index in [0.29, 0.717) is 28.3 Å². The van der Waals surface area contributed by atoms with Crippen molar-refractivity contribution >= 4 is 28.9 Å². The van der Waals surface area contributed by atoms with Crippen LogP contribution in [0.15, 0.2) is 47.6 Å². The Morgan fingerprint density at radius 1 is 1.25 bits per heavy atom. The lowest BCUT2D eigenvalue weighted by Crippen LogP contribution is -2.20. The van der Waals surface area contributed by atoms with Crippen LogP contribution in [0.3, 0.4) is 0 Å². The Balaban J connectivity index is 2.19. The van der Waals surface area contributed by atoms with Crippen LogP contribution in [0.1, 0.15) is 34.8 Å². The Morgan fingerprint density at radius 2 is 2.00 bits per heavy atom. The van der Waals surface area contributed by atoms with Gasteiger partial charge >= 0.3 is 0 Å². The van der Waals surface area contributed by atoms with Gasteiger partial charge < -0.3 is 0 Å². The van der Waals surface area contributed by atoms with Gasteiger partial charge in [-0.15, -0.1) is 0 Å². The number of carbonyl (C=O) groups is 1. The van der Waals surface area contributed by atoms with E-state index >= 15 is 0 Å². The number of benzene rings is 2. The maximum Gasteiger partial charge on any atom is 0.272 e. The van der Waals surface area contributed by atoms with Gasteiger partial charge in [0, 0.05) is 22.2 Å². The summed E-state index contributed by atoms with van der Waals surface area (Å²) < 4.78 is 0. The molecule has 0 spiro atoms. The van der Waals surface area contributed by atoms with Gasteiger partial charge in [-0.3, -0.25) is 14.9 Å². The van der Waals surface area contributed by atoms with Crippen LogP contribution in [-0.4, -0.2) is 16.5 Å². The number of nitro benzene ring substituents is 1. The standard InChI is InChI=1S/C17H16ClN3O3/c1-3-15(12-5-4-6-14(18)10-12)19-20-17(22)13-7-8-16(21(23)24)11(2)9-13/h4-10H,3H2,1-2H3,(H,20,22)/b19-15+. The molecule has 2 rings (SSSR count). The fraction of sp³-hybridized carbons (Fsp3) is 0.176. The van der Waals surface area contributed by atoms with E-state index in [9.17, 15) is 14.9 Å². The zero-order valence-corrected chi connectivity index (χ0v) is 14.0. The number of aryl methyl sites for hydroxylation is 1. The first kappa shape index (κ1) is 17.6. The van der Waals surface area contributed by atoms with Gasteiger partial charge in [0.25, 0.3) is 11.6 Å². The van der Waals surface area contributed by atoms with Crippen molar-refractivity contribution in [2.24, 2.45) is 5.10 Å². The van der Waals surface area contributed by atoms with Crippen molar-refractivity contribution in [3.05, 3.63) is 74.3 Å². The number of amides is 1. The summed E-state index contributed by atoms with van der Waals surface area (Å²) in [5.41, 5.74) is 4.69. The van der Waals surface area contributed by atoms with E-state index in [0.717, 1.165) is 5.56 Å². The molecule has 0 aliphatic heterocycles. The van der Waals surface area contributed by atoms with Gasteiger partial charge in [0.15, 0.2) is 0 Å². The zero-order chi connectivity index (χ0) is 17.7. The summed E-state index contributed by atoms with van der Waals surface area (Å²) in [4.78, 5) is 22.5. The highest BCUT2D eigenvalue weighted by molar-refractivity contribution is 6.31. The number of halogens is 1. The summed E-state index contributed by atoms with van der Waals surface area (Å²) in [5.74, 6) is -0.430. The molecule has 6 nitrogen and oxygen atoms in total. The van der Waals surface area contributed by atoms with Crippen LogP contribution in [0.5, 0.6) is 0 Å². The lowest BCUT2D eigenvalue weighted by atomic mass is 10.1. The first-order chi connectivity index (χ1) is 11.4. The van der Waals surface area contributed by atoms with E-state index in [4.69, 9.17) is 11.6 Å². The van der Waals surface area contributed by atoms with Crippen molar-refractivity contribution in [3.8, 4) is 0 Å². The van der Waals surface area contributed by atoms with Crippen molar-refractivity contribution in [2.45, 2.75) is 20.3 Å². The highest BCUT2D eigenvalue weighted by Crippen LogP contribution is 2.19. The third-order valence-electron chi connectivity index (χ3n) is 3.44. The molecule has 2 aromatic carbocycles. The Morgan fingerprint density at radius 3 is 2.58 bits per heavy atom. The first-order valence-electron chi connectivity index (χ1n) is 7.30. The minimum atomic E-state index is -0.483. The summed E-state index contributed by atoms with van der Waals surface area (Å²) in [6.45, 7) is 3.50. The average Bonchev–Trinajstić information content (AvgIpc) is 2.54. The summed E-state index contributed by atoms with van der Waals surface area (Å²) in [6, 6.07) is 11.4. The lowest BCUT2D eigenvalue weighted by Gasteiger charge is -2.06. The fourth-order valence-corrected chi connectivity index (χ4v) is 2.39. The molecule has 0 radical (unpaired) electrons. The smallest absolute Gasteiger partial charge is 0.267 e. The van der Waals surface area contributed by atoms with E-state index in [1.165, 1.54) is 18.2 Å². The molecule has 1 N–H and O–H groups in total. The van der Waals surface area contributed by atoms with Gasteiger partial charge in [0.05, 0.1) is 10.6 Å². The molecule has 0 fully saturated rings. The monoisotopic (exact) mass is 345 g/mol. The number of nitro groups is 1. The number of hydrogen-bond acceptors (Lipinski definition) is 4. The van der Waals surface area contributed by atoms with Crippen LogP contribution in [0, 0.1) is 17.0 Å². The van der Waals surface area contributed by atoms with Crippen LogP contribution in [0.25, 0.3) is 0 Å². The van der Waals surface area contributed by atoms with Gasteiger partial charge in [-0.05, 0) is 43.2 Å². The molecule has 0 saturated carbocycles. The summed E-state index contributed by atoms with van der Waals surface area (Å²) in [5, 5.41) is 15.5. The number of hydrogen-bond donors (Lipinski definition) is 1. The first-order valence-corrected chi connectivity index (χ1v) is 7.68. The summed E-state index contributed by atoms with van der Waals surface area (Å²) in [7, 11) is 0. The second-order valence-corrected chi connectivity index (χ2v) is 5.56. The second kappa shape index (κ2) is 7.70. The van der Waals surface area contributed by atoms with Gasteiger partial charge in [-0.1, -0.05) is 30.7 Å². The molecule has 0 unspecified atom stereocenters. The van der Waals surface area contributed by atoms with Crippen molar-refractivity contribution in [1.82, 2.24) is 5.43 Å². The predicted molar refractivity (Wildman–Crippen MR) is 93.6 cm³/mol. The van der Waals surface area contributed by atoms with Crippen LogP contribution in [-0.2, 0) is 0 Å². The molecule has 0 heterocycles. The molecular weight excluding hydrogens is 330 g/mol. The molecule has 0 aromatic heterocycles. The second-order valence-electron chi connectivity index (χ2n) is 5.12. The third kappa shape index (κ3) is 4.17. The summed E-state index contributed by atoms with van der Waals surface area (Å²) in [6.07, 6.45) is 0.611. The summed E-state index contributed by atoms with van der Waals surface area (Å²) >= 11 is 5.96. The largest absolute Gasteiger partial charge is 0.272 e. The highest BCUT2D eigenvalue weighted by atomic mass is 35.5. The zero-order valence-electron chi connectivity index (χ0n) is 13.2. The molecule has 124 valence electrons. The van der Waals surface area contributed by atoms with Gasteiger partial charge in [-0.2, -0.15) is 5.10 Å². The van der Waals surface area contributed by atoms with Crippen molar-refractivity contribution in [3.63, 3.8) is 0 Å². The minimum absolute atomic E-state index is 0.0248. The minimum Gasteiger partial charge on any atom is -0.267 e. The number of nitrogens with zero attached hydrogens (tertiary/aromatic N) is 2. The topological polar surface area (TPSA) is 84.6 Å². The molecule has 0 atom stereocenters. The lowest BCUT2D eigenvalue weighted by molar-refractivity contribution is -0.385.